The molecule has 0 saturated heterocycles. The van der Waals surface area contributed by atoms with Crippen molar-refractivity contribution in [2.45, 2.75) is 103 Å². The summed E-state index contributed by atoms with van der Waals surface area (Å²) in [6, 6.07) is -0.623. The Bertz CT molecular complexity index is 468. The van der Waals surface area contributed by atoms with Crippen LogP contribution in [-0.2, 0) is 4.79 Å². The summed E-state index contributed by atoms with van der Waals surface area (Å²) in [6.45, 7) is 2.27. The quantitative estimate of drug-likeness (QED) is 0.231. The molecule has 1 aromatic heterocycles. The van der Waals surface area contributed by atoms with Crippen molar-refractivity contribution in [2.75, 3.05) is 16.8 Å². The van der Waals surface area contributed by atoms with Crippen molar-refractivity contribution in [3.63, 3.8) is 0 Å². The van der Waals surface area contributed by atoms with Crippen LogP contribution in [0.25, 0.3) is 0 Å². The molecule has 0 saturated carbocycles. The van der Waals surface area contributed by atoms with Crippen molar-refractivity contribution >= 4 is 23.5 Å². The van der Waals surface area contributed by atoms with E-state index >= 15 is 0 Å². The Morgan fingerprint density at radius 3 is 2.00 bits per heavy atom. The molecule has 0 aliphatic carbocycles. The average molecular weight is 413 g/mol. The molecule has 0 aliphatic rings. The van der Waals surface area contributed by atoms with Crippen LogP contribution in [0.4, 0.5) is 5.82 Å². The van der Waals surface area contributed by atoms with E-state index in [2.05, 4.69) is 17.2 Å². The van der Waals surface area contributed by atoms with Gasteiger partial charge in [-0.3, -0.25) is 0 Å². The standard InChI is InChI=1S/C22H40N2O3S/c1-2-3-4-5-6-7-8-9-10-11-12-13-14-15-16-28-18-20(22(25)26)24-21-17-27-19-23-21/h17,19-20,24H,2-16,18H2,1H3,(H,25,26). The van der Waals surface area contributed by atoms with Crippen molar-refractivity contribution in [1.29, 1.82) is 0 Å². The largest absolute Gasteiger partial charge is 0.480 e. The molecule has 1 atom stereocenters. The van der Waals surface area contributed by atoms with Gasteiger partial charge in [-0.2, -0.15) is 16.7 Å². The molecule has 6 heteroatoms. The zero-order valence-corrected chi connectivity index (χ0v) is 18.5. The number of oxazole rings is 1. The molecule has 1 aromatic rings. The molecule has 28 heavy (non-hydrogen) atoms. The predicted molar refractivity (Wildman–Crippen MR) is 119 cm³/mol. The molecule has 2 N–H and O–H groups in total. The number of hydrogen-bond acceptors (Lipinski definition) is 5. The summed E-state index contributed by atoms with van der Waals surface area (Å²) >= 11 is 1.69. The zero-order valence-electron chi connectivity index (χ0n) is 17.7. The Kier molecular flexibility index (Phi) is 15.9. The number of carboxylic acid groups (broad SMARTS) is 1. The molecule has 0 radical (unpaired) electrons. The van der Waals surface area contributed by atoms with E-state index in [1.807, 2.05) is 0 Å². The highest BCUT2D eigenvalue weighted by atomic mass is 32.2. The van der Waals surface area contributed by atoms with Crippen LogP contribution in [0.1, 0.15) is 96.8 Å². The highest BCUT2D eigenvalue weighted by Crippen LogP contribution is 2.15. The first-order valence-electron chi connectivity index (χ1n) is 11.2. The molecule has 0 bridgehead atoms. The zero-order chi connectivity index (χ0) is 20.3. The van der Waals surface area contributed by atoms with Crippen LogP contribution >= 0.6 is 11.8 Å². The summed E-state index contributed by atoms with van der Waals surface area (Å²) in [7, 11) is 0. The van der Waals surface area contributed by atoms with Gasteiger partial charge in [0.25, 0.3) is 0 Å². The van der Waals surface area contributed by atoms with E-state index in [9.17, 15) is 9.90 Å². The van der Waals surface area contributed by atoms with Gasteiger partial charge in [-0.1, -0.05) is 90.4 Å². The molecular formula is C22H40N2O3S. The maximum Gasteiger partial charge on any atom is 0.327 e. The first-order valence-corrected chi connectivity index (χ1v) is 12.3. The Morgan fingerprint density at radius 1 is 1.00 bits per heavy atom. The van der Waals surface area contributed by atoms with Crippen molar-refractivity contribution in [2.24, 2.45) is 0 Å². The van der Waals surface area contributed by atoms with E-state index in [4.69, 9.17) is 4.42 Å². The Labute approximate surface area is 175 Å². The molecule has 0 spiro atoms. The van der Waals surface area contributed by atoms with Gasteiger partial charge in [-0.15, -0.1) is 0 Å². The number of hydrogen-bond donors (Lipinski definition) is 2. The van der Waals surface area contributed by atoms with Gasteiger partial charge in [0.2, 0.25) is 0 Å². The van der Waals surface area contributed by atoms with Gasteiger partial charge in [0, 0.05) is 5.75 Å². The summed E-state index contributed by atoms with van der Waals surface area (Å²) in [6.07, 6.45) is 21.8. The third kappa shape index (κ3) is 13.9. The average Bonchev–Trinajstić information content (AvgIpc) is 3.19. The van der Waals surface area contributed by atoms with Crippen molar-refractivity contribution < 1.29 is 14.3 Å². The second-order valence-corrected chi connectivity index (χ2v) is 8.73. The number of carboxylic acids is 1. The van der Waals surface area contributed by atoms with Crippen LogP contribution in [0, 0.1) is 0 Å². The first-order chi connectivity index (χ1) is 13.7. The lowest BCUT2D eigenvalue weighted by molar-refractivity contribution is -0.137. The summed E-state index contributed by atoms with van der Waals surface area (Å²) < 4.78 is 4.86. The number of aromatic nitrogens is 1. The lowest BCUT2D eigenvalue weighted by Gasteiger charge is -2.13. The lowest BCUT2D eigenvalue weighted by Crippen LogP contribution is -2.31. The maximum atomic E-state index is 11.3. The SMILES string of the molecule is CCCCCCCCCCCCCCCCSCC(Nc1cocn1)C(=O)O. The van der Waals surface area contributed by atoms with Crippen LogP contribution < -0.4 is 5.32 Å². The number of anilines is 1. The second kappa shape index (κ2) is 17.9. The number of nitrogens with one attached hydrogen (secondary N) is 1. The molecular weight excluding hydrogens is 372 g/mol. The molecule has 1 rings (SSSR count). The van der Waals surface area contributed by atoms with Crippen LogP contribution in [-0.4, -0.2) is 33.6 Å². The normalized spacial score (nSPS) is 12.2. The van der Waals surface area contributed by atoms with Crippen LogP contribution in [0.2, 0.25) is 0 Å². The first kappa shape index (κ1) is 24.9. The molecule has 162 valence electrons. The number of aliphatic carboxylic acids is 1. The van der Waals surface area contributed by atoms with Crippen LogP contribution in [0.5, 0.6) is 0 Å². The molecule has 1 unspecified atom stereocenters. The van der Waals surface area contributed by atoms with Crippen molar-refractivity contribution in [3.05, 3.63) is 12.7 Å². The lowest BCUT2D eigenvalue weighted by atomic mass is 10.0. The van der Waals surface area contributed by atoms with Crippen molar-refractivity contribution in [1.82, 2.24) is 4.98 Å². The minimum absolute atomic E-state index is 0.476. The van der Waals surface area contributed by atoms with Gasteiger partial charge in [0.15, 0.2) is 12.2 Å². The molecule has 0 aromatic carbocycles. The molecule has 1 heterocycles. The van der Waals surface area contributed by atoms with Gasteiger partial charge in [0.1, 0.15) is 12.3 Å². The fraction of sp³-hybridized carbons (Fsp3) is 0.818. The summed E-state index contributed by atoms with van der Waals surface area (Å²) in [4.78, 5) is 15.2. The fourth-order valence-electron chi connectivity index (χ4n) is 3.24. The van der Waals surface area contributed by atoms with Gasteiger partial charge >= 0.3 is 5.97 Å². The highest BCUT2D eigenvalue weighted by molar-refractivity contribution is 7.99. The third-order valence-electron chi connectivity index (χ3n) is 4.98. The van der Waals surface area contributed by atoms with Crippen LogP contribution in [0.3, 0.4) is 0 Å². The number of rotatable bonds is 20. The monoisotopic (exact) mass is 412 g/mol. The minimum Gasteiger partial charge on any atom is -0.480 e. The minimum atomic E-state index is -0.851. The topological polar surface area (TPSA) is 75.4 Å². The van der Waals surface area contributed by atoms with Gasteiger partial charge < -0.3 is 14.8 Å². The summed E-state index contributed by atoms with van der Waals surface area (Å²) in [5.74, 6) is 1.18. The van der Waals surface area contributed by atoms with Gasteiger partial charge in [-0.25, -0.2) is 4.79 Å². The number of carbonyl (C=O) groups is 1. The molecule has 0 fully saturated rings. The smallest absolute Gasteiger partial charge is 0.327 e. The van der Waals surface area contributed by atoms with E-state index in [1.165, 1.54) is 103 Å². The number of thioether (sulfide) groups is 1. The van der Waals surface area contributed by atoms with Crippen molar-refractivity contribution in [3.8, 4) is 0 Å². The molecule has 5 nitrogen and oxygen atoms in total. The maximum absolute atomic E-state index is 11.3. The van der Waals surface area contributed by atoms with E-state index in [0.29, 0.717) is 11.6 Å². The summed E-state index contributed by atoms with van der Waals surface area (Å²) in [5.41, 5.74) is 0. The molecule has 0 amide bonds. The van der Waals surface area contributed by atoms with Gasteiger partial charge in [-0.05, 0) is 12.2 Å². The second-order valence-electron chi connectivity index (χ2n) is 7.58. The number of unbranched alkanes of at least 4 members (excludes halogenated alkanes) is 13. The van der Waals surface area contributed by atoms with Crippen LogP contribution in [0.15, 0.2) is 17.1 Å². The predicted octanol–water partition coefficient (Wildman–Crippen LogP) is 6.75. The Balaban J connectivity index is 1.84. The van der Waals surface area contributed by atoms with E-state index in [1.54, 1.807) is 11.8 Å². The molecule has 0 aliphatic heterocycles. The van der Waals surface area contributed by atoms with Gasteiger partial charge in [0.05, 0.1) is 0 Å². The summed E-state index contributed by atoms with van der Waals surface area (Å²) in [5, 5.41) is 12.1. The third-order valence-corrected chi connectivity index (χ3v) is 6.13. The Morgan fingerprint density at radius 2 is 1.54 bits per heavy atom. The van der Waals surface area contributed by atoms with E-state index in [-0.39, 0.29) is 0 Å². The highest BCUT2D eigenvalue weighted by Gasteiger charge is 2.17. The fourth-order valence-corrected chi connectivity index (χ4v) is 4.27. The van der Waals surface area contributed by atoms with E-state index in [0.717, 1.165) is 5.75 Å². The number of nitrogens with zero attached hydrogens (tertiary/aromatic N) is 1. The Hall–Kier alpha value is -1.17. The van der Waals surface area contributed by atoms with E-state index < -0.39 is 12.0 Å².